The van der Waals surface area contributed by atoms with Gasteiger partial charge >= 0.3 is 0 Å². The molecule has 0 saturated carbocycles. The van der Waals surface area contributed by atoms with E-state index < -0.39 is 0 Å². The van der Waals surface area contributed by atoms with Crippen molar-refractivity contribution in [3.63, 3.8) is 0 Å². The van der Waals surface area contributed by atoms with E-state index in [4.69, 9.17) is 20.8 Å². The van der Waals surface area contributed by atoms with Crippen molar-refractivity contribution in [2.45, 2.75) is 32.2 Å². The first kappa shape index (κ1) is 23.1. The first-order valence-electron chi connectivity index (χ1n) is 10.2. The van der Waals surface area contributed by atoms with Crippen molar-refractivity contribution in [2.75, 3.05) is 5.75 Å². The van der Waals surface area contributed by atoms with E-state index in [0.717, 1.165) is 17.0 Å². The summed E-state index contributed by atoms with van der Waals surface area (Å²) in [5, 5.41) is 8.71. The Morgan fingerprint density at radius 3 is 2.67 bits per heavy atom. The zero-order valence-electron chi connectivity index (χ0n) is 18.0. The molecular weight excluding hydrogens is 465 g/mol. The second-order valence-corrected chi connectivity index (χ2v) is 8.72. The summed E-state index contributed by atoms with van der Waals surface area (Å²) in [7, 11) is 0. The largest absolute Gasteiger partial charge is 0.482 e. The van der Waals surface area contributed by atoms with Gasteiger partial charge in [0.15, 0.2) is 12.4 Å². The highest BCUT2D eigenvalue weighted by atomic mass is 35.5. The molecule has 170 valence electrons. The number of aryl methyl sites for hydroxylation is 1. The molecular formula is C24H21ClFN3O3S. The van der Waals surface area contributed by atoms with Crippen LogP contribution in [-0.4, -0.2) is 26.3 Å². The van der Waals surface area contributed by atoms with E-state index in [1.54, 1.807) is 24.3 Å². The standard InChI is InChI=1S/C24H21ClFN3O3S/c1-15-11-19(16(2)29(15)12-17-7-9-18(26)10-8-17)21(30)14-33-24-28-27-23(32-24)13-31-22-6-4-3-5-20(22)25/h3-11H,12-14H2,1-2H3. The van der Waals surface area contributed by atoms with Gasteiger partial charge in [0.05, 0.1) is 10.8 Å². The number of Topliss-reactive ketones (excluding diaryl/α,β-unsaturated/α-hetero) is 1. The summed E-state index contributed by atoms with van der Waals surface area (Å²) < 4.78 is 26.4. The number of hydrogen-bond acceptors (Lipinski definition) is 6. The lowest BCUT2D eigenvalue weighted by Crippen LogP contribution is -2.07. The fourth-order valence-corrected chi connectivity index (χ4v) is 4.21. The second kappa shape index (κ2) is 10.2. The quantitative estimate of drug-likeness (QED) is 0.218. The molecule has 0 fully saturated rings. The van der Waals surface area contributed by atoms with Crippen molar-refractivity contribution in [1.29, 1.82) is 0 Å². The zero-order chi connectivity index (χ0) is 23.4. The lowest BCUT2D eigenvalue weighted by Gasteiger charge is -2.10. The van der Waals surface area contributed by atoms with E-state index in [2.05, 4.69) is 10.2 Å². The van der Waals surface area contributed by atoms with Crippen LogP contribution >= 0.6 is 23.4 Å². The Bertz CT molecular complexity index is 1270. The Morgan fingerprint density at radius 1 is 1.15 bits per heavy atom. The molecule has 0 N–H and O–H groups in total. The van der Waals surface area contributed by atoms with Crippen LogP contribution in [0.3, 0.4) is 0 Å². The third-order valence-electron chi connectivity index (χ3n) is 5.09. The van der Waals surface area contributed by atoms with Crippen molar-refractivity contribution in [3.05, 3.63) is 93.8 Å². The number of hydrogen-bond donors (Lipinski definition) is 0. The maximum Gasteiger partial charge on any atom is 0.277 e. The molecule has 0 radical (unpaired) electrons. The molecule has 0 aliphatic carbocycles. The molecule has 0 saturated heterocycles. The van der Waals surface area contributed by atoms with Crippen LogP contribution in [0.5, 0.6) is 5.75 Å². The van der Waals surface area contributed by atoms with Gasteiger partial charge in [0.1, 0.15) is 11.6 Å². The molecule has 2 aromatic carbocycles. The highest BCUT2D eigenvalue weighted by Gasteiger charge is 2.18. The predicted octanol–water partition coefficient (Wildman–Crippen LogP) is 5.88. The molecule has 0 spiro atoms. The van der Waals surface area contributed by atoms with Crippen molar-refractivity contribution in [1.82, 2.24) is 14.8 Å². The molecule has 4 rings (SSSR count). The molecule has 0 amide bonds. The number of carbonyl (C=O) groups is 1. The average molecular weight is 486 g/mol. The third-order valence-corrected chi connectivity index (χ3v) is 6.22. The zero-order valence-corrected chi connectivity index (χ0v) is 19.6. The van der Waals surface area contributed by atoms with Crippen LogP contribution in [0.2, 0.25) is 5.02 Å². The first-order chi connectivity index (χ1) is 15.9. The molecule has 6 nitrogen and oxygen atoms in total. The average Bonchev–Trinajstić information content (AvgIpc) is 3.38. The molecule has 9 heteroatoms. The summed E-state index contributed by atoms with van der Waals surface area (Å²) in [6.07, 6.45) is 0. The van der Waals surface area contributed by atoms with Gasteiger partial charge < -0.3 is 13.7 Å². The molecule has 0 aliphatic heterocycles. The number of nitrogens with zero attached hydrogens (tertiary/aromatic N) is 3. The van der Waals surface area contributed by atoms with Gasteiger partial charge in [-0.15, -0.1) is 10.2 Å². The maximum atomic E-state index is 13.2. The summed E-state index contributed by atoms with van der Waals surface area (Å²) in [5.74, 6) is 0.672. The highest BCUT2D eigenvalue weighted by molar-refractivity contribution is 7.99. The lowest BCUT2D eigenvalue weighted by atomic mass is 10.2. The monoisotopic (exact) mass is 485 g/mol. The summed E-state index contributed by atoms with van der Waals surface area (Å²) in [6.45, 7) is 4.50. The van der Waals surface area contributed by atoms with Gasteiger partial charge in [0, 0.05) is 23.5 Å². The van der Waals surface area contributed by atoms with Gasteiger partial charge in [-0.25, -0.2) is 4.39 Å². The van der Waals surface area contributed by atoms with Crippen LogP contribution in [0.15, 0.2) is 64.2 Å². The lowest BCUT2D eigenvalue weighted by molar-refractivity contribution is 0.102. The minimum atomic E-state index is -0.271. The number of ketones is 1. The van der Waals surface area contributed by atoms with Crippen molar-refractivity contribution in [3.8, 4) is 5.75 Å². The molecule has 0 atom stereocenters. The Labute approximate surface area is 199 Å². The molecule has 4 aromatic rings. The van der Waals surface area contributed by atoms with E-state index in [9.17, 15) is 9.18 Å². The number of halogens is 2. The Balaban J connectivity index is 1.35. The molecule has 0 unspecified atom stereocenters. The molecule has 2 heterocycles. The van der Waals surface area contributed by atoms with E-state index in [0.29, 0.717) is 34.0 Å². The fourth-order valence-electron chi connectivity index (χ4n) is 3.36. The van der Waals surface area contributed by atoms with Gasteiger partial charge in [-0.1, -0.05) is 47.6 Å². The predicted molar refractivity (Wildman–Crippen MR) is 125 cm³/mol. The number of aromatic nitrogens is 3. The van der Waals surface area contributed by atoms with Gasteiger partial charge in [0.25, 0.3) is 11.1 Å². The van der Waals surface area contributed by atoms with Gasteiger partial charge in [-0.3, -0.25) is 4.79 Å². The van der Waals surface area contributed by atoms with E-state index in [-0.39, 0.29) is 24.0 Å². The van der Waals surface area contributed by atoms with Crippen LogP contribution in [0.1, 0.15) is 33.2 Å². The minimum absolute atomic E-state index is 0.0366. The highest BCUT2D eigenvalue weighted by Crippen LogP contribution is 2.25. The fraction of sp³-hybridized carbons (Fsp3) is 0.208. The summed E-state index contributed by atoms with van der Waals surface area (Å²) in [6, 6.07) is 15.3. The molecule has 0 aliphatic rings. The number of ether oxygens (including phenoxy) is 1. The van der Waals surface area contributed by atoms with Crippen molar-refractivity contribution in [2.24, 2.45) is 0 Å². The normalized spacial score (nSPS) is 11.0. The number of benzene rings is 2. The van der Waals surface area contributed by atoms with Crippen molar-refractivity contribution >= 4 is 29.1 Å². The Hall–Kier alpha value is -3.10. The van der Waals surface area contributed by atoms with Crippen LogP contribution in [0, 0.1) is 19.7 Å². The number of para-hydroxylation sites is 1. The maximum absolute atomic E-state index is 13.2. The summed E-state index contributed by atoms with van der Waals surface area (Å²) >= 11 is 7.24. The number of carbonyl (C=O) groups excluding carboxylic acids is 1. The smallest absolute Gasteiger partial charge is 0.277 e. The number of rotatable bonds is 9. The van der Waals surface area contributed by atoms with E-state index in [1.807, 2.05) is 36.6 Å². The van der Waals surface area contributed by atoms with Crippen LogP contribution in [0.25, 0.3) is 0 Å². The SMILES string of the molecule is Cc1cc(C(=O)CSc2nnc(COc3ccccc3Cl)o2)c(C)n1Cc1ccc(F)cc1. The molecule has 33 heavy (non-hydrogen) atoms. The summed E-state index contributed by atoms with van der Waals surface area (Å²) in [5.41, 5.74) is 3.43. The molecule has 0 bridgehead atoms. The van der Waals surface area contributed by atoms with Gasteiger partial charge in [0.2, 0.25) is 0 Å². The molecule has 2 aromatic heterocycles. The van der Waals surface area contributed by atoms with Gasteiger partial charge in [-0.05, 0) is 49.7 Å². The van der Waals surface area contributed by atoms with Gasteiger partial charge in [-0.2, -0.15) is 0 Å². The van der Waals surface area contributed by atoms with Crippen LogP contribution < -0.4 is 4.74 Å². The number of thioether (sulfide) groups is 1. The first-order valence-corrected chi connectivity index (χ1v) is 11.5. The summed E-state index contributed by atoms with van der Waals surface area (Å²) in [4.78, 5) is 12.8. The minimum Gasteiger partial charge on any atom is -0.482 e. The van der Waals surface area contributed by atoms with Crippen LogP contribution in [-0.2, 0) is 13.2 Å². The second-order valence-electron chi connectivity index (χ2n) is 7.39. The third kappa shape index (κ3) is 5.64. The van der Waals surface area contributed by atoms with E-state index in [1.165, 1.54) is 23.9 Å². The Morgan fingerprint density at radius 2 is 1.91 bits per heavy atom. The topological polar surface area (TPSA) is 70.2 Å². The van der Waals surface area contributed by atoms with Crippen LogP contribution in [0.4, 0.5) is 4.39 Å². The Kier molecular flexibility index (Phi) is 7.15. The van der Waals surface area contributed by atoms with Crippen molar-refractivity contribution < 1.29 is 18.3 Å². The van der Waals surface area contributed by atoms with E-state index >= 15 is 0 Å².